The highest BCUT2D eigenvalue weighted by Crippen LogP contribution is 2.29. The molecule has 1 amide bonds. The summed E-state index contributed by atoms with van der Waals surface area (Å²) < 4.78 is 5.19. The highest BCUT2D eigenvalue weighted by molar-refractivity contribution is 5.76. The number of benzene rings is 1. The fourth-order valence-electron chi connectivity index (χ4n) is 3.16. The fourth-order valence-corrected chi connectivity index (χ4v) is 3.16. The molecule has 0 aliphatic heterocycles. The van der Waals surface area contributed by atoms with Crippen molar-refractivity contribution in [3.63, 3.8) is 0 Å². The summed E-state index contributed by atoms with van der Waals surface area (Å²) in [5.41, 5.74) is 1.14. The first-order chi connectivity index (χ1) is 10.1. The van der Waals surface area contributed by atoms with Gasteiger partial charge in [-0.25, -0.2) is 0 Å². The Morgan fingerprint density at radius 3 is 2.38 bits per heavy atom. The van der Waals surface area contributed by atoms with Crippen LogP contribution in [0.25, 0.3) is 0 Å². The minimum atomic E-state index is 0.0739. The summed E-state index contributed by atoms with van der Waals surface area (Å²) in [5, 5.41) is 3.22. The standard InChI is InChI=1S/C18H27NO2/c1-13(2)18(15-8-10-16(21-3)11-9-15)19-17(20)12-14-6-4-5-7-14/h8-11,13-14,18H,4-7,12H2,1-3H3,(H,19,20). The molecule has 1 atom stereocenters. The molecule has 1 saturated carbocycles. The van der Waals surface area contributed by atoms with Gasteiger partial charge in [-0.2, -0.15) is 0 Å². The lowest BCUT2D eigenvalue weighted by molar-refractivity contribution is -0.123. The van der Waals surface area contributed by atoms with E-state index < -0.39 is 0 Å². The number of hydrogen-bond acceptors (Lipinski definition) is 2. The van der Waals surface area contributed by atoms with Crippen LogP contribution < -0.4 is 10.1 Å². The van der Waals surface area contributed by atoms with E-state index in [1.807, 2.05) is 24.3 Å². The van der Waals surface area contributed by atoms with Crippen molar-refractivity contribution in [2.24, 2.45) is 11.8 Å². The maximum atomic E-state index is 12.3. The molecule has 0 radical (unpaired) electrons. The van der Waals surface area contributed by atoms with Crippen LogP contribution in [0.2, 0.25) is 0 Å². The summed E-state index contributed by atoms with van der Waals surface area (Å²) in [5.74, 6) is 1.99. The molecule has 1 aliphatic rings. The Hall–Kier alpha value is -1.51. The number of nitrogens with one attached hydrogen (secondary N) is 1. The first kappa shape index (κ1) is 15.9. The van der Waals surface area contributed by atoms with Gasteiger partial charge in [0, 0.05) is 6.42 Å². The number of ether oxygens (including phenoxy) is 1. The van der Waals surface area contributed by atoms with Gasteiger partial charge in [0.05, 0.1) is 13.2 Å². The molecular weight excluding hydrogens is 262 g/mol. The quantitative estimate of drug-likeness (QED) is 0.856. The zero-order valence-electron chi connectivity index (χ0n) is 13.4. The number of rotatable bonds is 6. The van der Waals surface area contributed by atoms with Gasteiger partial charge in [-0.05, 0) is 42.4 Å². The minimum Gasteiger partial charge on any atom is -0.497 e. The highest BCUT2D eigenvalue weighted by atomic mass is 16.5. The second kappa shape index (κ2) is 7.48. The smallest absolute Gasteiger partial charge is 0.220 e. The summed E-state index contributed by atoms with van der Waals surface area (Å²) in [7, 11) is 1.66. The largest absolute Gasteiger partial charge is 0.497 e. The molecule has 0 saturated heterocycles. The van der Waals surface area contributed by atoms with E-state index in [1.54, 1.807) is 7.11 Å². The van der Waals surface area contributed by atoms with Crippen molar-refractivity contribution in [3.8, 4) is 5.75 Å². The second-order valence-corrected chi connectivity index (χ2v) is 6.42. The predicted molar refractivity (Wildman–Crippen MR) is 85.3 cm³/mol. The Morgan fingerprint density at radius 2 is 1.86 bits per heavy atom. The van der Waals surface area contributed by atoms with Gasteiger partial charge in [-0.15, -0.1) is 0 Å². The summed E-state index contributed by atoms with van der Waals surface area (Å²) >= 11 is 0. The van der Waals surface area contributed by atoms with Crippen molar-refractivity contribution in [3.05, 3.63) is 29.8 Å². The number of carbonyl (C=O) groups is 1. The predicted octanol–water partition coefficient (Wildman–Crippen LogP) is 4.09. The molecule has 116 valence electrons. The van der Waals surface area contributed by atoms with E-state index in [4.69, 9.17) is 4.74 Å². The molecule has 1 unspecified atom stereocenters. The first-order valence-corrected chi connectivity index (χ1v) is 8.03. The Balaban J connectivity index is 1.98. The number of hydrogen-bond donors (Lipinski definition) is 1. The van der Waals surface area contributed by atoms with Crippen molar-refractivity contribution >= 4 is 5.91 Å². The van der Waals surface area contributed by atoms with Crippen LogP contribution in [-0.2, 0) is 4.79 Å². The van der Waals surface area contributed by atoms with E-state index >= 15 is 0 Å². The van der Waals surface area contributed by atoms with Gasteiger partial charge in [0.25, 0.3) is 0 Å². The third-order valence-electron chi connectivity index (χ3n) is 4.41. The van der Waals surface area contributed by atoms with Crippen molar-refractivity contribution in [1.29, 1.82) is 0 Å². The van der Waals surface area contributed by atoms with Crippen LogP contribution in [0.15, 0.2) is 24.3 Å². The third kappa shape index (κ3) is 4.48. The number of methoxy groups -OCH3 is 1. The molecule has 0 spiro atoms. The van der Waals surface area contributed by atoms with Gasteiger partial charge in [-0.1, -0.05) is 38.8 Å². The average Bonchev–Trinajstić information content (AvgIpc) is 2.97. The van der Waals surface area contributed by atoms with Gasteiger partial charge in [0.1, 0.15) is 5.75 Å². The van der Waals surface area contributed by atoms with E-state index in [0.717, 1.165) is 11.3 Å². The normalized spacial score (nSPS) is 17.0. The van der Waals surface area contributed by atoms with Gasteiger partial charge < -0.3 is 10.1 Å². The molecule has 21 heavy (non-hydrogen) atoms. The van der Waals surface area contributed by atoms with Gasteiger partial charge >= 0.3 is 0 Å². The fraction of sp³-hybridized carbons (Fsp3) is 0.611. The minimum absolute atomic E-state index is 0.0739. The summed E-state index contributed by atoms with van der Waals surface area (Å²) in [6.45, 7) is 4.29. The molecule has 0 heterocycles. The van der Waals surface area contributed by atoms with Crippen LogP contribution in [0.1, 0.15) is 57.6 Å². The molecule has 3 nitrogen and oxygen atoms in total. The van der Waals surface area contributed by atoms with Crippen molar-refractivity contribution in [2.75, 3.05) is 7.11 Å². The van der Waals surface area contributed by atoms with Crippen LogP contribution >= 0.6 is 0 Å². The molecule has 1 aliphatic carbocycles. The average molecular weight is 289 g/mol. The molecule has 2 rings (SSSR count). The molecule has 0 aromatic heterocycles. The topological polar surface area (TPSA) is 38.3 Å². The van der Waals surface area contributed by atoms with Crippen molar-refractivity contribution in [1.82, 2.24) is 5.32 Å². The maximum Gasteiger partial charge on any atom is 0.220 e. The van der Waals surface area contributed by atoms with Crippen LogP contribution in [0.4, 0.5) is 0 Å². The van der Waals surface area contributed by atoms with Crippen molar-refractivity contribution in [2.45, 2.75) is 52.0 Å². The SMILES string of the molecule is COc1ccc(C(NC(=O)CC2CCCC2)C(C)C)cc1. The first-order valence-electron chi connectivity index (χ1n) is 8.03. The van der Waals surface area contributed by atoms with E-state index in [1.165, 1.54) is 25.7 Å². The molecular formula is C18H27NO2. The zero-order chi connectivity index (χ0) is 15.2. The highest BCUT2D eigenvalue weighted by Gasteiger charge is 2.22. The lowest BCUT2D eigenvalue weighted by Crippen LogP contribution is -2.32. The second-order valence-electron chi connectivity index (χ2n) is 6.42. The Morgan fingerprint density at radius 1 is 1.24 bits per heavy atom. The van der Waals surface area contributed by atoms with Crippen LogP contribution in [0.5, 0.6) is 5.75 Å². The number of carbonyl (C=O) groups excluding carboxylic acids is 1. The Labute approximate surface area is 128 Å². The van der Waals surface area contributed by atoms with Gasteiger partial charge in [0.2, 0.25) is 5.91 Å². The zero-order valence-corrected chi connectivity index (χ0v) is 13.4. The molecule has 1 aromatic carbocycles. The Bertz CT molecular complexity index is 447. The third-order valence-corrected chi connectivity index (χ3v) is 4.41. The summed E-state index contributed by atoms with van der Waals surface area (Å²) in [6, 6.07) is 8.06. The summed E-state index contributed by atoms with van der Waals surface area (Å²) in [4.78, 5) is 12.3. The molecule has 1 fully saturated rings. The van der Waals surface area contributed by atoms with E-state index in [0.29, 0.717) is 18.3 Å². The van der Waals surface area contributed by atoms with Gasteiger partial charge in [0.15, 0.2) is 0 Å². The van der Waals surface area contributed by atoms with E-state index in [-0.39, 0.29) is 11.9 Å². The lowest BCUT2D eigenvalue weighted by Gasteiger charge is -2.24. The maximum absolute atomic E-state index is 12.3. The van der Waals surface area contributed by atoms with E-state index in [2.05, 4.69) is 19.2 Å². The molecule has 0 bridgehead atoms. The Kier molecular flexibility index (Phi) is 5.66. The molecule has 1 N–H and O–H groups in total. The molecule has 1 aromatic rings. The van der Waals surface area contributed by atoms with Crippen LogP contribution in [-0.4, -0.2) is 13.0 Å². The number of amides is 1. The van der Waals surface area contributed by atoms with Gasteiger partial charge in [-0.3, -0.25) is 4.79 Å². The monoisotopic (exact) mass is 289 g/mol. The summed E-state index contributed by atoms with van der Waals surface area (Å²) in [6.07, 6.45) is 5.66. The molecule has 3 heteroatoms. The van der Waals surface area contributed by atoms with Crippen molar-refractivity contribution < 1.29 is 9.53 Å². The van der Waals surface area contributed by atoms with Crippen LogP contribution in [0.3, 0.4) is 0 Å². The van der Waals surface area contributed by atoms with E-state index in [9.17, 15) is 4.79 Å². The van der Waals surface area contributed by atoms with Crippen LogP contribution in [0, 0.1) is 11.8 Å². The lowest BCUT2D eigenvalue weighted by atomic mass is 9.95.